The maximum Gasteiger partial charge on any atom is 0.246 e. The van der Waals surface area contributed by atoms with E-state index in [0.717, 1.165) is 44.1 Å². The highest BCUT2D eigenvalue weighted by Gasteiger charge is 2.74. The van der Waals surface area contributed by atoms with Gasteiger partial charge >= 0.3 is 0 Å². The SMILES string of the molecule is O=C(NCc1ccccc1)[C@H]1[C@H]2C(=O)N(C3CC3)[C@H](C(=O)NC3CCCC3)[C@]23C=C[C@H]1O3. The van der Waals surface area contributed by atoms with Gasteiger partial charge in [-0.25, -0.2) is 0 Å². The van der Waals surface area contributed by atoms with Gasteiger partial charge in [-0.15, -0.1) is 0 Å². The zero-order valence-electron chi connectivity index (χ0n) is 18.0. The van der Waals surface area contributed by atoms with Crippen LogP contribution in [-0.2, 0) is 25.7 Å². The van der Waals surface area contributed by atoms with E-state index in [1.165, 1.54) is 0 Å². The van der Waals surface area contributed by atoms with E-state index in [-0.39, 0.29) is 29.8 Å². The molecular formula is C25H29N3O4. The summed E-state index contributed by atoms with van der Waals surface area (Å²) in [5.74, 6) is -1.67. The average Bonchev–Trinajstić information content (AvgIpc) is 3.13. The van der Waals surface area contributed by atoms with E-state index in [4.69, 9.17) is 4.74 Å². The third-order valence-electron chi connectivity index (χ3n) is 7.81. The Morgan fingerprint density at radius 3 is 2.53 bits per heavy atom. The average molecular weight is 436 g/mol. The Hall–Kier alpha value is -2.67. The predicted molar refractivity (Wildman–Crippen MR) is 116 cm³/mol. The molecule has 1 aromatic carbocycles. The van der Waals surface area contributed by atoms with Crippen molar-refractivity contribution in [2.24, 2.45) is 11.8 Å². The van der Waals surface area contributed by atoms with E-state index in [1.54, 1.807) is 4.90 Å². The van der Waals surface area contributed by atoms with Crippen LogP contribution in [0, 0.1) is 11.8 Å². The van der Waals surface area contributed by atoms with Gasteiger partial charge in [-0.3, -0.25) is 14.4 Å². The Kier molecular flexibility index (Phi) is 4.64. The number of ether oxygens (including phenoxy) is 1. The lowest BCUT2D eigenvalue weighted by molar-refractivity contribution is -0.142. The number of carbonyl (C=O) groups excluding carboxylic acids is 3. The summed E-state index contributed by atoms with van der Waals surface area (Å²) in [4.78, 5) is 42.1. The third kappa shape index (κ3) is 3.01. The van der Waals surface area contributed by atoms with E-state index in [0.29, 0.717) is 6.54 Å². The minimum atomic E-state index is -1.04. The van der Waals surface area contributed by atoms with Gasteiger partial charge in [0.25, 0.3) is 0 Å². The van der Waals surface area contributed by atoms with Crippen molar-refractivity contribution < 1.29 is 19.1 Å². The van der Waals surface area contributed by atoms with Gasteiger partial charge in [0.05, 0.1) is 17.9 Å². The number of carbonyl (C=O) groups is 3. The normalized spacial score (nSPS) is 35.4. The Balaban J connectivity index is 1.26. The molecule has 1 aromatic rings. The molecule has 2 saturated carbocycles. The lowest BCUT2D eigenvalue weighted by atomic mass is 9.74. The highest BCUT2D eigenvalue weighted by molar-refractivity contribution is 6.00. The summed E-state index contributed by atoms with van der Waals surface area (Å²) in [7, 11) is 0. The number of fused-ring (bicyclic) bond motifs is 1. The smallest absolute Gasteiger partial charge is 0.246 e. The lowest BCUT2D eigenvalue weighted by Gasteiger charge is -2.33. The zero-order chi connectivity index (χ0) is 21.9. The van der Waals surface area contributed by atoms with Crippen molar-refractivity contribution in [3.63, 3.8) is 0 Å². The molecule has 32 heavy (non-hydrogen) atoms. The molecule has 3 amide bonds. The fraction of sp³-hybridized carbons (Fsp3) is 0.560. The first-order valence-corrected chi connectivity index (χ1v) is 11.9. The van der Waals surface area contributed by atoms with E-state index in [9.17, 15) is 14.4 Å². The van der Waals surface area contributed by atoms with Gasteiger partial charge < -0.3 is 20.3 Å². The maximum atomic E-state index is 13.6. The van der Waals surface area contributed by atoms with Gasteiger partial charge in [-0.2, -0.15) is 0 Å². The predicted octanol–water partition coefficient (Wildman–Crippen LogP) is 1.67. The van der Waals surface area contributed by atoms with Crippen molar-refractivity contribution in [2.75, 3.05) is 0 Å². The molecule has 1 spiro atoms. The van der Waals surface area contributed by atoms with Gasteiger partial charge in [-0.05, 0) is 31.2 Å². The first kappa shape index (κ1) is 20.0. The first-order chi connectivity index (χ1) is 15.6. The van der Waals surface area contributed by atoms with Gasteiger partial charge in [-0.1, -0.05) is 55.3 Å². The minimum absolute atomic E-state index is 0.0749. The summed E-state index contributed by atoms with van der Waals surface area (Å²) < 4.78 is 6.35. The van der Waals surface area contributed by atoms with Crippen LogP contribution in [-0.4, -0.2) is 52.5 Å². The molecule has 7 nitrogen and oxygen atoms in total. The molecule has 5 aliphatic rings. The minimum Gasteiger partial charge on any atom is -0.359 e. The summed E-state index contributed by atoms with van der Waals surface area (Å²) in [5.41, 5.74) is -0.0386. The van der Waals surface area contributed by atoms with Crippen molar-refractivity contribution in [3.05, 3.63) is 48.0 Å². The van der Waals surface area contributed by atoms with Crippen molar-refractivity contribution in [1.29, 1.82) is 0 Å². The number of amides is 3. The molecule has 2 saturated heterocycles. The quantitative estimate of drug-likeness (QED) is 0.666. The zero-order valence-corrected chi connectivity index (χ0v) is 18.0. The molecule has 2 aliphatic carbocycles. The van der Waals surface area contributed by atoms with Crippen molar-refractivity contribution in [3.8, 4) is 0 Å². The van der Waals surface area contributed by atoms with E-state index >= 15 is 0 Å². The van der Waals surface area contributed by atoms with Gasteiger partial charge in [0.2, 0.25) is 17.7 Å². The van der Waals surface area contributed by atoms with Crippen LogP contribution in [0.1, 0.15) is 44.1 Å². The van der Waals surface area contributed by atoms with Crippen LogP contribution in [0.5, 0.6) is 0 Å². The molecular weight excluding hydrogens is 406 g/mol. The molecule has 0 aromatic heterocycles. The molecule has 3 aliphatic heterocycles. The molecule has 2 N–H and O–H groups in total. The monoisotopic (exact) mass is 435 g/mol. The highest BCUT2D eigenvalue weighted by Crippen LogP contribution is 2.57. The van der Waals surface area contributed by atoms with Crippen LogP contribution in [0.15, 0.2) is 42.5 Å². The second kappa shape index (κ2) is 7.44. The number of likely N-dealkylation sites (tertiary alicyclic amines) is 1. The number of rotatable bonds is 6. The maximum absolute atomic E-state index is 13.6. The molecule has 0 radical (unpaired) electrons. The Morgan fingerprint density at radius 1 is 1.06 bits per heavy atom. The lowest BCUT2D eigenvalue weighted by Crippen LogP contribution is -2.56. The van der Waals surface area contributed by atoms with E-state index < -0.39 is 29.6 Å². The van der Waals surface area contributed by atoms with Gasteiger partial charge in [0.1, 0.15) is 11.6 Å². The Bertz CT molecular complexity index is 969. The third-order valence-corrected chi connectivity index (χ3v) is 7.81. The molecule has 2 bridgehead atoms. The first-order valence-electron chi connectivity index (χ1n) is 11.9. The number of hydrogen-bond acceptors (Lipinski definition) is 4. The molecule has 0 unspecified atom stereocenters. The molecule has 5 atom stereocenters. The summed E-state index contributed by atoms with van der Waals surface area (Å²) in [6.45, 7) is 0.401. The Labute approximate surface area is 187 Å². The standard InChI is InChI=1S/C25H29N3O4/c29-22(26-14-15-6-2-1-3-7-15)19-18-12-13-25(32-18)20(19)24(31)28(17-10-11-17)21(25)23(30)27-16-8-4-5-9-16/h1-3,6-7,12-13,16-21H,4-5,8-11,14H2,(H,26,29)(H,27,30)/t18-,19-,20+,21-,25+/m1/s1. The Morgan fingerprint density at radius 2 is 1.81 bits per heavy atom. The highest BCUT2D eigenvalue weighted by atomic mass is 16.5. The summed E-state index contributed by atoms with van der Waals surface area (Å²) in [6.07, 6.45) is 9.31. The van der Waals surface area contributed by atoms with Crippen molar-refractivity contribution >= 4 is 17.7 Å². The number of hydrogen-bond donors (Lipinski definition) is 2. The van der Waals surface area contributed by atoms with Gasteiger partial charge in [0.15, 0.2) is 0 Å². The van der Waals surface area contributed by atoms with Crippen molar-refractivity contribution in [2.45, 2.75) is 74.9 Å². The molecule has 7 heteroatoms. The number of benzene rings is 1. The van der Waals surface area contributed by atoms with Crippen LogP contribution in [0.4, 0.5) is 0 Å². The van der Waals surface area contributed by atoms with E-state index in [1.807, 2.05) is 42.5 Å². The van der Waals surface area contributed by atoms with Crippen LogP contribution >= 0.6 is 0 Å². The van der Waals surface area contributed by atoms with Crippen LogP contribution in [0.3, 0.4) is 0 Å². The summed E-state index contributed by atoms with van der Waals surface area (Å²) >= 11 is 0. The number of nitrogens with one attached hydrogen (secondary N) is 2. The van der Waals surface area contributed by atoms with Crippen molar-refractivity contribution in [1.82, 2.24) is 15.5 Å². The van der Waals surface area contributed by atoms with Crippen LogP contribution < -0.4 is 10.6 Å². The molecule has 4 fully saturated rings. The summed E-state index contributed by atoms with van der Waals surface area (Å²) in [6, 6.07) is 9.26. The molecule has 168 valence electrons. The molecule has 6 rings (SSSR count). The second-order valence-corrected chi connectivity index (χ2v) is 9.87. The number of nitrogens with zero attached hydrogens (tertiary/aromatic N) is 1. The molecule has 3 heterocycles. The topological polar surface area (TPSA) is 87.7 Å². The largest absolute Gasteiger partial charge is 0.359 e. The fourth-order valence-electron chi connectivity index (χ4n) is 6.21. The van der Waals surface area contributed by atoms with Gasteiger partial charge in [0, 0.05) is 18.6 Å². The van der Waals surface area contributed by atoms with E-state index in [2.05, 4.69) is 10.6 Å². The fourth-order valence-corrected chi connectivity index (χ4v) is 6.21. The second-order valence-electron chi connectivity index (χ2n) is 9.87. The van der Waals surface area contributed by atoms with Crippen LogP contribution in [0.2, 0.25) is 0 Å². The van der Waals surface area contributed by atoms with Crippen LogP contribution in [0.25, 0.3) is 0 Å². The summed E-state index contributed by atoms with van der Waals surface area (Å²) in [5, 5.41) is 6.18.